The monoisotopic (exact) mass is 302 g/mol. The summed E-state index contributed by atoms with van der Waals surface area (Å²) in [5, 5.41) is 0. The number of hydrogen-bond acceptors (Lipinski definition) is 2. The number of rotatable bonds is 5. The van der Waals surface area contributed by atoms with Gasteiger partial charge in [0.1, 0.15) is 0 Å². The first kappa shape index (κ1) is 17.0. The summed E-state index contributed by atoms with van der Waals surface area (Å²) in [5.41, 5.74) is 8.49. The number of nitrogens with two attached hydrogens (primary N) is 1. The summed E-state index contributed by atoms with van der Waals surface area (Å²) in [6, 6.07) is 8.54. The lowest BCUT2D eigenvalue weighted by atomic mass is 9.71. The van der Waals surface area contributed by atoms with E-state index in [-0.39, 0.29) is 17.4 Å². The van der Waals surface area contributed by atoms with Crippen LogP contribution in [0, 0.1) is 12.3 Å². The lowest BCUT2D eigenvalue weighted by Gasteiger charge is -2.37. The van der Waals surface area contributed by atoms with E-state index >= 15 is 0 Å². The predicted molar refractivity (Wildman–Crippen MR) is 91.6 cm³/mol. The van der Waals surface area contributed by atoms with E-state index in [1.807, 2.05) is 11.9 Å². The third-order valence-electron chi connectivity index (χ3n) is 5.41. The standard InChI is InChI=1S/C19H30N2O/c1-15-7-9-17(10-8-15)16(2)21(3)18(22)13-19(14-20)11-5-4-6-12-19/h7-10,16H,4-6,11-14,20H2,1-3H3. The van der Waals surface area contributed by atoms with Crippen molar-refractivity contribution in [2.75, 3.05) is 13.6 Å². The molecule has 2 N–H and O–H groups in total. The van der Waals surface area contributed by atoms with Gasteiger partial charge in [-0.05, 0) is 44.2 Å². The summed E-state index contributed by atoms with van der Waals surface area (Å²) in [6.45, 7) is 4.81. The molecule has 1 atom stereocenters. The molecule has 122 valence electrons. The molecule has 0 saturated heterocycles. The summed E-state index contributed by atoms with van der Waals surface area (Å²) < 4.78 is 0. The third-order valence-corrected chi connectivity index (χ3v) is 5.41. The number of carbonyl (C=O) groups is 1. The molecule has 0 aliphatic heterocycles. The molecule has 2 rings (SSSR count). The Morgan fingerprint density at radius 1 is 1.23 bits per heavy atom. The Morgan fingerprint density at radius 3 is 2.36 bits per heavy atom. The Kier molecular flexibility index (Phi) is 5.63. The SMILES string of the molecule is Cc1ccc(C(C)N(C)C(=O)CC2(CN)CCCCC2)cc1. The zero-order chi connectivity index (χ0) is 16.2. The van der Waals surface area contributed by atoms with Crippen LogP contribution in [-0.2, 0) is 4.79 Å². The molecule has 0 spiro atoms. The van der Waals surface area contributed by atoms with Gasteiger partial charge in [-0.25, -0.2) is 0 Å². The first-order valence-electron chi connectivity index (χ1n) is 8.50. The fraction of sp³-hybridized carbons (Fsp3) is 0.632. The van der Waals surface area contributed by atoms with Gasteiger partial charge in [-0.1, -0.05) is 49.1 Å². The molecule has 22 heavy (non-hydrogen) atoms. The summed E-state index contributed by atoms with van der Waals surface area (Å²) in [6.07, 6.45) is 6.50. The molecule has 0 bridgehead atoms. The van der Waals surface area contributed by atoms with Crippen LogP contribution in [0.4, 0.5) is 0 Å². The van der Waals surface area contributed by atoms with Crippen LogP contribution in [0.3, 0.4) is 0 Å². The molecule has 1 aromatic rings. The second kappa shape index (κ2) is 7.28. The van der Waals surface area contributed by atoms with Crippen LogP contribution in [-0.4, -0.2) is 24.4 Å². The van der Waals surface area contributed by atoms with Gasteiger partial charge < -0.3 is 10.6 Å². The van der Waals surface area contributed by atoms with Crippen molar-refractivity contribution in [3.63, 3.8) is 0 Å². The number of carbonyl (C=O) groups excluding carboxylic acids is 1. The molecule has 1 aromatic carbocycles. The molecule has 1 unspecified atom stereocenters. The number of nitrogens with zero attached hydrogens (tertiary/aromatic N) is 1. The molecule has 1 aliphatic rings. The second-order valence-electron chi connectivity index (χ2n) is 7.03. The average Bonchev–Trinajstić information content (AvgIpc) is 2.55. The largest absolute Gasteiger partial charge is 0.339 e. The van der Waals surface area contributed by atoms with Crippen LogP contribution >= 0.6 is 0 Å². The van der Waals surface area contributed by atoms with Gasteiger partial charge in [0.2, 0.25) is 5.91 Å². The highest BCUT2D eigenvalue weighted by Crippen LogP contribution is 2.39. The number of aryl methyl sites for hydroxylation is 1. The highest BCUT2D eigenvalue weighted by Gasteiger charge is 2.34. The molecular weight excluding hydrogens is 272 g/mol. The molecule has 3 nitrogen and oxygen atoms in total. The Bertz CT molecular complexity index is 489. The highest BCUT2D eigenvalue weighted by atomic mass is 16.2. The Hall–Kier alpha value is -1.35. The molecule has 1 saturated carbocycles. The highest BCUT2D eigenvalue weighted by molar-refractivity contribution is 5.77. The maximum absolute atomic E-state index is 12.7. The van der Waals surface area contributed by atoms with Crippen LogP contribution in [0.25, 0.3) is 0 Å². The van der Waals surface area contributed by atoms with E-state index in [0.717, 1.165) is 12.8 Å². The summed E-state index contributed by atoms with van der Waals surface area (Å²) in [7, 11) is 1.92. The minimum Gasteiger partial charge on any atom is -0.339 e. The Balaban J connectivity index is 2.03. The Morgan fingerprint density at radius 2 is 1.82 bits per heavy atom. The van der Waals surface area contributed by atoms with E-state index in [1.54, 1.807) is 0 Å². The van der Waals surface area contributed by atoms with Crippen molar-refractivity contribution in [3.05, 3.63) is 35.4 Å². The molecule has 1 amide bonds. The molecule has 1 aliphatic carbocycles. The van der Waals surface area contributed by atoms with Gasteiger partial charge in [0.05, 0.1) is 6.04 Å². The fourth-order valence-corrected chi connectivity index (χ4v) is 3.48. The molecule has 0 aromatic heterocycles. The van der Waals surface area contributed by atoms with Gasteiger partial charge in [-0.2, -0.15) is 0 Å². The minimum absolute atomic E-state index is 0.0383. The maximum Gasteiger partial charge on any atom is 0.223 e. The second-order valence-corrected chi connectivity index (χ2v) is 7.03. The van der Waals surface area contributed by atoms with E-state index in [1.165, 1.54) is 30.4 Å². The lowest BCUT2D eigenvalue weighted by molar-refractivity contribution is -0.134. The molecular formula is C19H30N2O. The van der Waals surface area contributed by atoms with Crippen molar-refractivity contribution in [1.82, 2.24) is 4.90 Å². The first-order chi connectivity index (χ1) is 10.5. The van der Waals surface area contributed by atoms with Crippen LogP contribution < -0.4 is 5.73 Å². The fourth-order valence-electron chi connectivity index (χ4n) is 3.48. The van der Waals surface area contributed by atoms with E-state index in [4.69, 9.17) is 5.73 Å². The van der Waals surface area contributed by atoms with Gasteiger partial charge in [0.25, 0.3) is 0 Å². The van der Waals surface area contributed by atoms with Crippen LogP contribution in [0.1, 0.15) is 62.6 Å². The zero-order valence-electron chi connectivity index (χ0n) is 14.3. The van der Waals surface area contributed by atoms with Gasteiger partial charge in [-0.3, -0.25) is 4.79 Å². The van der Waals surface area contributed by atoms with Crippen molar-refractivity contribution < 1.29 is 4.79 Å². The summed E-state index contributed by atoms with van der Waals surface area (Å²) in [5.74, 6) is 0.223. The zero-order valence-corrected chi connectivity index (χ0v) is 14.3. The quantitative estimate of drug-likeness (QED) is 0.899. The maximum atomic E-state index is 12.7. The van der Waals surface area contributed by atoms with Crippen LogP contribution in [0.2, 0.25) is 0 Å². The predicted octanol–water partition coefficient (Wildman–Crippen LogP) is 3.81. The summed E-state index contributed by atoms with van der Waals surface area (Å²) >= 11 is 0. The number of hydrogen-bond donors (Lipinski definition) is 1. The van der Waals surface area contributed by atoms with E-state index in [2.05, 4.69) is 38.1 Å². The molecule has 3 heteroatoms. The molecule has 1 fully saturated rings. The van der Waals surface area contributed by atoms with Gasteiger partial charge >= 0.3 is 0 Å². The minimum atomic E-state index is 0.0383. The Labute approximate surface area is 134 Å². The van der Waals surface area contributed by atoms with E-state index in [0.29, 0.717) is 13.0 Å². The van der Waals surface area contributed by atoms with Gasteiger partial charge in [0.15, 0.2) is 0 Å². The average molecular weight is 302 g/mol. The van der Waals surface area contributed by atoms with Crippen LogP contribution in [0.15, 0.2) is 24.3 Å². The van der Waals surface area contributed by atoms with E-state index < -0.39 is 0 Å². The smallest absolute Gasteiger partial charge is 0.223 e. The van der Waals surface area contributed by atoms with Gasteiger partial charge in [-0.15, -0.1) is 0 Å². The number of benzene rings is 1. The molecule has 0 heterocycles. The molecule has 0 radical (unpaired) electrons. The lowest BCUT2D eigenvalue weighted by Crippen LogP contribution is -2.40. The summed E-state index contributed by atoms with van der Waals surface area (Å²) in [4.78, 5) is 14.6. The van der Waals surface area contributed by atoms with Gasteiger partial charge in [0, 0.05) is 13.5 Å². The van der Waals surface area contributed by atoms with Crippen molar-refractivity contribution in [2.24, 2.45) is 11.1 Å². The van der Waals surface area contributed by atoms with Crippen molar-refractivity contribution in [2.45, 2.75) is 58.4 Å². The van der Waals surface area contributed by atoms with Crippen molar-refractivity contribution in [1.29, 1.82) is 0 Å². The normalized spacial score (nSPS) is 18.7. The van der Waals surface area contributed by atoms with E-state index in [9.17, 15) is 4.79 Å². The van der Waals surface area contributed by atoms with Crippen molar-refractivity contribution in [3.8, 4) is 0 Å². The third kappa shape index (κ3) is 3.89. The topological polar surface area (TPSA) is 46.3 Å². The number of amides is 1. The van der Waals surface area contributed by atoms with Crippen LogP contribution in [0.5, 0.6) is 0 Å². The first-order valence-corrected chi connectivity index (χ1v) is 8.50. The van der Waals surface area contributed by atoms with Crippen molar-refractivity contribution >= 4 is 5.91 Å².